The minimum Gasteiger partial charge on any atom is -0.294 e. The average Bonchev–Trinajstić information content (AvgIpc) is 2.86. The van der Waals surface area contributed by atoms with Gasteiger partial charge in [-0.25, -0.2) is 4.58 Å². The monoisotopic (exact) mass is 270 g/mol. The summed E-state index contributed by atoms with van der Waals surface area (Å²) in [5.41, 5.74) is 5.06. The zero-order valence-electron chi connectivity index (χ0n) is 12.8. The van der Waals surface area contributed by atoms with E-state index in [2.05, 4.69) is 49.9 Å². The third-order valence-electron chi connectivity index (χ3n) is 4.06. The molecular weight excluding hydrogens is 246 g/mol. The van der Waals surface area contributed by atoms with Gasteiger partial charge in [0.1, 0.15) is 6.21 Å². The van der Waals surface area contributed by atoms with Crippen LogP contribution in [0.25, 0.3) is 0 Å². The summed E-state index contributed by atoms with van der Waals surface area (Å²) in [7, 11) is 0. The van der Waals surface area contributed by atoms with E-state index in [0.29, 0.717) is 6.42 Å². The fourth-order valence-electron chi connectivity index (χ4n) is 2.78. The van der Waals surface area contributed by atoms with Crippen molar-refractivity contribution in [2.75, 3.05) is 6.54 Å². The summed E-state index contributed by atoms with van der Waals surface area (Å²) < 4.78 is 2.24. The minimum absolute atomic E-state index is 0.247. The van der Waals surface area contributed by atoms with Crippen molar-refractivity contribution in [3.05, 3.63) is 46.7 Å². The van der Waals surface area contributed by atoms with E-state index in [9.17, 15) is 4.79 Å². The molecule has 0 amide bonds. The van der Waals surface area contributed by atoms with Crippen molar-refractivity contribution in [2.24, 2.45) is 0 Å². The maximum atomic E-state index is 11.8. The Morgan fingerprint density at radius 2 is 2.20 bits per heavy atom. The molecule has 0 N–H and O–H groups in total. The predicted molar refractivity (Wildman–Crippen MR) is 84.0 cm³/mol. The van der Waals surface area contributed by atoms with E-state index >= 15 is 0 Å². The highest BCUT2D eigenvalue weighted by Crippen LogP contribution is 2.31. The van der Waals surface area contributed by atoms with Crippen molar-refractivity contribution in [1.82, 2.24) is 0 Å². The second-order valence-electron chi connectivity index (χ2n) is 5.41. The van der Waals surface area contributed by atoms with Gasteiger partial charge in [-0.1, -0.05) is 13.0 Å². The van der Waals surface area contributed by atoms with Crippen LogP contribution in [0.5, 0.6) is 0 Å². The lowest BCUT2D eigenvalue weighted by molar-refractivity contribution is -0.445. The third kappa shape index (κ3) is 3.24. The lowest BCUT2D eigenvalue weighted by Gasteiger charge is -2.13. The highest BCUT2D eigenvalue weighted by molar-refractivity contribution is 5.97. The van der Waals surface area contributed by atoms with E-state index in [4.69, 9.17) is 0 Å². The standard InChI is InChI=1S/C18H24NO/c1-4-14(3)18(13-19-9-7-6-8-10-19)17-12-16(20)11-15(17)5-2/h4,7,9-11H,5-6,8,12-13H2,1-3H3/q+1/b14-4-,18-17+. The van der Waals surface area contributed by atoms with Gasteiger partial charge in [0.15, 0.2) is 18.5 Å². The van der Waals surface area contributed by atoms with Crippen molar-refractivity contribution >= 4 is 12.0 Å². The van der Waals surface area contributed by atoms with Crippen LogP contribution in [0.4, 0.5) is 0 Å². The Balaban J connectivity index is 2.38. The van der Waals surface area contributed by atoms with Crippen LogP contribution in [0.2, 0.25) is 0 Å². The van der Waals surface area contributed by atoms with Gasteiger partial charge in [-0.15, -0.1) is 0 Å². The first-order valence-electron chi connectivity index (χ1n) is 7.50. The molecule has 0 bridgehead atoms. The molecule has 0 atom stereocenters. The zero-order chi connectivity index (χ0) is 14.5. The number of hydrogen-bond acceptors (Lipinski definition) is 1. The maximum absolute atomic E-state index is 11.8. The van der Waals surface area contributed by atoms with Crippen LogP contribution in [0, 0.1) is 0 Å². The van der Waals surface area contributed by atoms with Crippen LogP contribution in [0.15, 0.2) is 46.7 Å². The lowest BCUT2D eigenvalue weighted by atomic mass is 9.94. The lowest BCUT2D eigenvalue weighted by Crippen LogP contribution is -2.15. The van der Waals surface area contributed by atoms with Crippen molar-refractivity contribution in [2.45, 2.75) is 46.5 Å². The topological polar surface area (TPSA) is 20.1 Å². The van der Waals surface area contributed by atoms with Crippen molar-refractivity contribution in [3.8, 4) is 0 Å². The largest absolute Gasteiger partial charge is 0.294 e. The smallest absolute Gasteiger partial charge is 0.173 e. The number of ketones is 1. The summed E-state index contributed by atoms with van der Waals surface area (Å²) in [4.78, 5) is 11.8. The molecule has 1 heterocycles. The maximum Gasteiger partial charge on any atom is 0.173 e. The first kappa shape index (κ1) is 14.7. The molecule has 0 fully saturated rings. The molecule has 2 aliphatic rings. The molecule has 0 saturated heterocycles. The Labute approximate surface area is 121 Å². The SMILES string of the molecule is C/C=C(C)\C(C[N+]1=CCCC=C1)=C1/CC(=O)C=C1CC. The fourth-order valence-corrected chi connectivity index (χ4v) is 2.78. The number of carbonyl (C=O) groups excluding carboxylic acids is 1. The van der Waals surface area contributed by atoms with Gasteiger partial charge in [0.25, 0.3) is 0 Å². The molecule has 0 spiro atoms. The van der Waals surface area contributed by atoms with Crippen LogP contribution in [-0.2, 0) is 4.79 Å². The van der Waals surface area contributed by atoms with Gasteiger partial charge >= 0.3 is 0 Å². The predicted octanol–water partition coefficient (Wildman–Crippen LogP) is 3.95. The molecule has 2 nitrogen and oxygen atoms in total. The fraction of sp³-hybridized carbons (Fsp3) is 0.444. The van der Waals surface area contributed by atoms with Crippen LogP contribution >= 0.6 is 0 Å². The van der Waals surface area contributed by atoms with Crippen LogP contribution in [0.1, 0.15) is 46.5 Å². The highest BCUT2D eigenvalue weighted by atomic mass is 16.1. The molecule has 20 heavy (non-hydrogen) atoms. The van der Waals surface area contributed by atoms with Crippen molar-refractivity contribution < 1.29 is 9.37 Å². The number of nitrogens with zero attached hydrogens (tertiary/aromatic N) is 1. The molecule has 0 unspecified atom stereocenters. The van der Waals surface area contributed by atoms with E-state index in [1.54, 1.807) is 0 Å². The Bertz CT molecular complexity index is 556. The first-order chi connectivity index (χ1) is 9.65. The molecule has 2 heteroatoms. The number of hydrogen-bond donors (Lipinski definition) is 0. The minimum atomic E-state index is 0.247. The van der Waals surface area contributed by atoms with E-state index in [1.165, 1.54) is 22.3 Å². The van der Waals surface area contributed by atoms with Gasteiger partial charge in [0.2, 0.25) is 0 Å². The summed E-state index contributed by atoms with van der Waals surface area (Å²) in [6, 6.07) is 0. The Kier molecular flexibility index (Phi) is 4.89. The van der Waals surface area contributed by atoms with Gasteiger partial charge in [0.05, 0.1) is 0 Å². The summed E-state index contributed by atoms with van der Waals surface area (Å²) in [5.74, 6) is 0.247. The van der Waals surface area contributed by atoms with Gasteiger partial charge in [0, 0.05) is 18.4 Å². The summed E-state index contributed by atoms with van der Waals surface area (Å²) >= 11 is 0. The van der Waals surface area contributed by atoms with Gasteiger partial charge < -0.3 is 0 Å². The Morgan fingerprint density at radius 1 is 1.40 bits per heavy atom. The molecule has 0 aromatic carbocycles. The molecule has 0 aromatic heterocycles. The first-order valence-corrected chi connectivity index (χ1v) is 7.50. The molecule has 2 rings (SSSR count). The van der Waals surface area contributed by atoms with E-state index in [-0.39, 0.29) is 5.78 Å². The van der Waals surface area contributed by atoms with Crippen LogP contribution in [0.3, 0.4) is 0 Å². The van der Waals surface area contributed by atoms with E-state index in [1.807, 2.05) is 6.08 Å². The summed E-state index contributed by atoms with van der Waals surface area (Å²) in [6.07, 6.45) is 14.3. The molecule has 1 aliphatic carbocycles. The van der Waals surface area contributed by atoms with Gasteiger partial charge in [-0.3, -0.25) is 4.79 Å². The normalized spacial score (nSPS) is 21.9. The zero-order valence-corrected chi connectivity index (χ0v) is 12.8. The average molecular weight is 270 g/mol. The Hall–Kier alpha value is -1.70. The molecule has 0 aromatic rings. The van der Waals surface area contributed by atoms with Crippen molar-refractivity contribution in [3.63, 3.8) is 0 Å². The van der Waals surface area contributed by atoms with E-state index < -0.39 is 0 Å². The molecule has 0 saturated carbocycles. The highest BCUT2D eigenvalue weighted by Gasteiger charge is 2.23. The molecular formula is C18H24NO+. The van der Waals surface area contributed by atoms with Crippen LogP contribution in [-0.4, -0.2) is 23.1 Å². The van der Waals surface area contributed by atoms with Gasteiger partial charge in [-0.05, 0) is 55.6 Å². The molecule has 1 aliphatic heterocycles. The summed E-state index contributed by atoms with van der Waals surface area (Å²) in [5, 5.41) is 0. The third-order valence-corrected chi connectivity index (χ3v) is 4.06. The Morgan fingerprint density at radius 3 is 2.80 bits per heavy atom. The summed E-state index contributed by atoms with van der Waals surface area (Å²) in [6.45, 7) is 7.20. The quantitative estimate of drug-likeness (QED) is 0.708. The van der Waals surface area contributed by atoms with Gasteiger partial charge in [-0.2, -0.15) is 0 Å². The second-order valence-corrected chi connectivity index (χ2v) is 5.41. The molecule has 106 valence electrons. The number of rotatable bonds is 4. The van der Waals surface area contributed by atoms with E-state index in [0.717, 1.165) is 25.8 Å². The number of allylic oxidation sites excluding steroid dienone is 5. The van der Waals surface area contributed by atoms with Crippen LogP contribution < -0.4 is 0 Å². The second kappa shape index (κ2) is 6.65. The number of carbonyl (C=O) groups is 1. The van der Waals surface area contributed by atoms with Crippen molar-refractivity contribution in [1.29, 1.82) is 0 Å². The molecule has 0 radical (unpaired) electrons.